The topological polar surface area (TPSA) is 38.3 Å². The van der Waals surface area contributed by atoms with Crippen molar-refractivity contribution >= 4 is 5.91 Å². The van der Waals surface area contributed by atoms with Gasteiger partial charge in [0.2, 0.25) is 5.91 Å². The maximum absolute atomic E-state index is 11.1. The molecule has 1 saturated heterocycles. The Hall–Kier alpha value is -0.570. The molecule has 3 nitrogen and oxygen atoms in total. The first-order valence-electron chi connectivity index (χ1n) is 4.63. The van der Waals surface area contributed by atoms with Crippen LogP contribution in [0.3, 0.4) is 0 Å². The van der Waals surface area contributed by atoms with Gasteiger partial charge in [0.05, 0.1) is 6.10 Å². The minimum Gasteiger partial charge on any atom is -0.356 e. The van der Waals surface area contributed by atoms with Crippen LogP contribution in [0.5, 0.6) is 0 Å². The summed E-state index contributed by atoms with van der Waals surface area (Å²) in [6.45, 7) is 3.97. The minimum atomic E-state index is -0.0556. The maximum atomic E-state index is 11.1. The van der Waals surface area contributed by atoms with Gasteiger partial charge in [-0.2, -0.15) is 0 Å². The van der Waals surface area contributed by atoms with Crippen molar-refractivity contribution in [3.63, 3.8) is 0 Å². The Bertz CT molecular complexity index is 157. The normalized spacial score (nSPS) is 25.2. The summed E-state index contributed by atoms with van der Waals surface area (Å²) >= 11 is 0. The second kappa shape index (κ2) is 4.45. The molecule has 0 aromatic heterocycles. The Morgan fingerprint density at radius 2 is 2.25 bits per heavy atom. The van der Waals surface area contributed by atoms with Gasteiger partial charge in [0.15, 0.2) is 0 Å². The van der Waals surface area contributed by atoms with Gasteiger partial charge >= 0.3 is 0 Å². The van der Waals surface area contributed by atoms with Crippen molar-refractivity contribution in [1.29, 1.82) is 0 Å². The lowest BCUT2D eigenvalue weighted by atomic mass is 10.2. The number of rotatable bonds is 2. The standard InChI is InChI=1S/C9H17NO2/c1-7(2)12-9-6-4-3-5-8(11)10-9/h7,9H,3-6H2,1-2H3,(H,10,11). The predicted molar refractivity (Wildman–Crippen MR) is 46.6 cm³/mol. The number of hydrogen-bond acceptors (Lipinski definition) is 2. The summed E-state index contributed by atoms with van der Waals surface area (Å²) in [7, 11) is 0. The minimum absolute atomic E-state index is 0.0556. The van der Waals surface area contributed by atoms with Gasteiger partial charge in [0.1, 0.15) is 6.23 Å². The van der Waals surface area contributed by atoms with Gasteiger partial charge in [-0.1, -0.05) is 0 Å². The maximum Gasteiger partial charge on any atom is 0.221 e. The number of nitrogens with one attached hydrogen (secondary N) is 1. The van der Waals surface area contributed by atoms with Crippen molar-refractivity contribution in [3.05, 3.63) is 0 Å². The number of hydrogen-bond donors (Lipinski definition) is 1. The molecular formula is C9H17NO2. The molecule has 0 aromatic rings. The highest BCUT2D eigenvalue weighted by molar-refractivity contribution is 5.76. The Balaban J connectivity index is 2.36. The lowest BCUT2D eigenvalue weighted by molar-refractivity contribution is -0.125. The van der Waals surface area contributed by atoms with E-state index in [-0.39, 0.29) is 18.2 Å². The highest BCUT2D eigenvalue weighted by Crippen LogP contribution is 2.11. The molecule has 70 valence electrons. The molecule has 0 aliphatic carbocycles. The van der Waals surface area contributed by atoms with Gasteiger partial charge in [-0.25, -0.2) is 0 Å². The molecule has 3 heteroatoms. The predicted octanol–water partition coefficient (Wildman–Crippen LogP) is 1.43. The van der Waals surface area contributed by atoms with Gasteiger partial charge in [0.25, 0.3) is 0 Å². The van der Waals surface area contributed by atoms with E-state index in [1.807, 2.05) is 13.8 Å². The average molecular weight is 171 g/mol. The SMILES string of the molecule is CC(C)OC1CCCCC(=O)N1. The molecule has 1 fully saturated rings. The molecule has 1 atom stereocenters. The van der Waals surface area contributed by atoms with Crippen molar-refractivity contribution < 1.29 is 9.53 Å². The van der Waals surface area contributed by atoms with E-state index < -0.39 is 0 Å². The summed E-state index contributed by atoms with van der Waals surface area (Å²) in [5.41, 5.74) is 0. The molecule has 0 bridgehead atoms. The lowest BCUT2D eigenvalue weighted by Crippen LogP contribution is -2.36. The molecule has 0 radical (unpaired) electrons. The molecule has 1 heterocycles. The van der Waals surface area contributed by atoms with Crippen molar-refractivity contribution in [1.82, 2.24) is 5.32 Å². The highest BCUT2D eigenvalue weighted by atomic mass is 16.5. The van der Waals surface area contributed by atoms with Crippen LogP contribution in [0.4, 0.5) is 0 Å². The van der Waals surface area contributed by atoms with Crippen molar-refractivity contribution in [2.24, 2.45) is 0 Å². The second-order valence-electron chi connectivity index (χ2n) is 3.49. The third-order valence-electron chi connectivity index (χ3n) is 1.88. The van der Waals surface area contributed by atoms with Crippen LogP contribution in [-0.2, 0) is 9.53 Å². The zero-order valence-electron chi connectivity index (χ0n) is 7.80. The first kappa shape index (κ1) is 9.52. The number of carbonyl (C=O) groups excluding carboxylic acids is 1. The fourth-order valence-electron chi connectivity index (χ4n) is 1.37. The van der Waals surface area contributed by atoms with Crippen LogP contribution in [0.25, 0.3) is 0 Å². The summed E-state index contributed by atoms with van der Waals surface area (Å²) in [5.74, 6) is 0.123. The Kier molecular flexibility index (Phi) is 3.53. The van der Waals surface area contributed by atoms with E-state index >= 15 is 0 Å². The van der Waals surface area contributed by atoms with Crippen LogP contribution in [0.1, 0.15) is 39.5 Å². The molecule has 0 spiro atoms. The zero-order valence-corrected chi connectivity index (χ0v) is 7.80. The monoisotopic (exact) mass is 171 g/mol. The molecule has 1 N–H and O–H groups in total. The Morgan fingerprint density at radius 1 is 1.50 bits per heavy atom. The Morgan fingerprint density at radius 3 is 2.92 bits per heavy atom. The van der Waals surface area contributed by atoms with E-state index in [2.05, 4.69) is 5.32 Å². The third kappa shape index (κ3) is 3.22. The summed E-state index contributed by atoms with van der Waals surface area (Å²) in [4.78, 5) is 11.1. The molecule has 1 aliphatic heterocycles. The van der Waals surface area contributed by atoms with Crippen LogP contribution in [0.15, 0.2) is 0 Å². The molecule has 0 aromatic carbocycles. The number of carbonyl (C=O) groups is 1. The first-order valence-corrected chi connectivity index (χ1v) is 4.63. The highest BCUT2D eigenvalue weighted by Gasteiger charge is 2.17. The van der Waals surface area contributed by atoms with Crippen LogP contribution >= 0.6 is 0 Å². The molecular weight excluding hydrogens is 154 g/mol. The van der Waals surface area contributed by atoms with Crippen molar-refractivity contribution in [3.8, 4) is 0 Å². The molecule has 1 rings (SSSR count). The quantitative estimate of drug-likeness (QED) is 0.682. The molecule has 1 unspecified atom stereocenters. The van der Waals surface area contributed by atoms with E-state index in [4.69, 9.17) is 4.74 Å². The van der Waals surface area contributed by atoms with E-state index in [1.54, 1.807) is 0 Å². The Labute approximate surface area is 73.5 Å². The smallest absolute Gasteiger partial charge is 0.221 e. The van der Waals surface area contributed by atoms with Crippen LogP contribution < -0.4 is 5.32 Å². The first-order chi connectivity index (χ1) is 5.68. The van der Waals surface area contributed by atoms with Gasteiger partial charge < -0.3 is 10.1 Å². The van der Waals surface area contributed by atoms with Gasteiger partial charge in [-0.15, -0.1) is 0 Å². The summed E-state index contributed by atoms with van der Waals surface area (Å²) in [5, 5.41) is 2.85. The molecule has 12 heavy (non-hydrogen) atoms. The number of ether oxygens (including phenoxy) is 1. The van der Waals surface area contributed by atoms with E-state index in [1.165, 1.54) is 0 Å². The summed E-state index contributed by atoms with van der Waals surface area (Å²) < 4.78 is 5.51. The molecule has 1 amide bonds. The van der Waals surface area contributed by atoms with Crippen molar-refractivity contribution in [2.45, 2.75) is 51.9 Å². The molecule has 1 aliphatic rings. The van der Waals surface area contributed by atoms with Gasteiger partial charge in [-0.05, 0) is 33.1 Å². The van der Waals surface area contributed by atoms with Crippen molar-refractivity contribution in [2.75, 3.05) is 0 Å². The van der Waals surface area contributed by atoms with Crippen LogP contribution in [0, 0.1) is 0 Å². The summed E-state index contributed by atoms with van der Waals surface area (Å²) in [6, 6.07) is 0. The fraction of sp³-hybridized carbons (Fsp3) is 0.889. The zero-order chi connectivity index (χ0) is 8.97. The third-order valence-corrected chi connectivity index (χ3v) is 1.88. The van der Waals surface area contributed by atoms with Crippen LogP contribution in [0.2, 0.25) is 0 Å². The lowest BCUT2D eigenvalue weighted by Gasteiger charge is -2.19. The largest absolute Gasteiger partial charge is 0.356 e. The van der Waals surface area contributed by atoms with Gasteiger partial charge in [-0.3, -0.25) is 4.79 Å². The average Bonchev–Trinajstić information content (AvgIpc) is 2.12. The molecule has 0 saturated carbocycles. The van der Waals surface area contributed by atoms with Crippen LogP contribution in [-0.4, -0.2) is 18.2 Å². The van der Waals surface area contributed by atoms with E-state index in [0.717, 1.165) is 19.3 Å². The second-order valence-corrected chi connectivity index (χ2v) is 3.49. The number of amides is 1. The van der Waals surface area contributed by atoms with Gasteiger partial charge in [0, 0.05) is 6.42 Å². The van der Waals surface area contributed by atoms with E-state index in [9.17, 15) is 4.79 Å². The fourth-order valence-corrected chi connectivity index (χ4v) is 1.37. The summed E-state index contributed by atoms with van der Waals surface area (Å²) in [6.07, 6.45) is 3.80. The van der Waals surface area contributed by atoms with E-state index in [0.29, 0.717) is 6.42 Å².